The molecule has 8 heteroatoms. The number of nitrogens with zero attached hydrogens (tertiary/aromatic N) is 1. The molecule has 0 aromatic rings. The van der Waals surface area contributed by atoms with Crippen molar-refractivity contribution in [2.75, 3.05) is 6.54 Å². The monoisotopic (exact) mass is 312 g/mol. The molecular weight excluding hydrogens is 288 g/mol. The molecular formula is C14H24N4O4. The van der Waals surface area contributed by atoms with E-state index in [-0.39, 0.29) is 5.96 Å². The predicted octanol–water partition coefficient (Wildman–Crippen LogP) is 0.211. The maximum absolute atomic E-state index is 10.2. The summed E-state index contributed by atoms with van der Waals surface area (Å²) in [7, 11) is 0. The lowest BCUT2D eigenvalue weighted by Crippen LogP contribution is -2.30. The second-order valence-corrected chi connectivity index (χ2v) is 4.00. The van der Waals surface area contributed by atoms with Crippen LogP contribution < -0.4 is 17.2 Å². The van der Waals surface area contributed by atoms with E-state index in [9.17, 15) is 9.59 Å². The van der Waals surface area contributed by atoms with Gasteiger partial charge in [-0.3, -0.25) is 9.79 Å². The SMILES string of the molecule is C/C=C/C=C/C=C/C(=O)O.NC(N)=NCCCC(N)C(=O)O. The molecule has 1 atom stereocenters. The Labute approximate surface area is 129 Å². The zero-order valence-electron chi connectivity index (χ0n) is 12.6. The number of allylic oxidation sites excluding steroid dienone is 5. The molecule has 22 heavy (non-hydrogen) atoms. The van der Waals surface area contributed by atoms with Crippen LogP contribution in [0.15, 0.2) is 41.4 Å². The van der Waals surface area contributed by atoms with Crippen LogP contribution in [0.25, 0.3) is 0 Å². The summed E-state index contributed by atoms with van der Waals surface area (Å²) in [6.07, 6.45) is 10.6. The van der Waals surface area contributed by atoms with E-state index in [1.807, 2.05) is 19.1 Å². The van der Waals surface area contributed by atoms with Crippen molar-refractivity contribution in [3.05, 3.63) is 36.5 Å². The van der Waals surface area contributed by atoms with Gasteiger partial charge in [-0.2, -0.15) is 0 Å². The van der Waals surface area contributed by atoms with Crippen LogP contribution in [-0.2, 0) is 9.59 Å². The van der Waals surface area contributed by atoms with Gasteiger partial charge in [0.1, 0.15) is 6.04 Å². The summed E-state index contributed by atoms with van der Waals surface area (Å²) in [5.74, 6) is -1.91. The summed E-state index contributed by atoms with van der Waals surface area (Å²) in [6.45, 7) is 2.31. The molecule has 0 aliphatic rings. The highest BCUT2D eigenvalue weighted by Gasteiger charge is 2.09. The number of aliphatic carboxylic acids is 2. The highest BCUT2D eigenvalue weighted by molar-refractivity contribution is 5.80. The number of rotatable bonds is 8. The van der Waals surface area contributed by atoms with Gasteiger partial charge in [0.05, 0.1) is 0 Å². The first-order valence-corrected chi connectivity index (χ1v) is 6.54. The third kappa shape index (κ3) is 19.7. The fourth-order valence-corrected chi connectivity index (χ4v) is 1.02. The highest BCUT2D eigenvalue weighted by atomic mass is 16.4. The lowest BCUT2D eigenvalue weighted by molar-refractivity contribution is -0.138. The molecule has 8 N–H and O–H groups in total. The molecule has 0 saturated carbocycles. The average Bonchev–Trinajstić information content (AvgIpc) is 2.43. The topological polar surface area (TPSA) is 165 Å². The first-order chi connectivity index (χ1) is 10.3. The second-order valence-electron chi connectivity index (χ2n) is 4.00. The number of carboxylic acid groups (broad SMARTS) is 2. The molecule has 0 amide bonds. The lowest BCUT2D eigenvalue weighted by atomic mass is 10.2. The van der Waals surface area contributed by atoms with Crippen LogP contribution in [-0.4, -0.2) is 40.7 Å². The summed E-state index contributed by atoms with van der Waals surface area (Å²) in [4.78, 5) is 23.8. The summed E-state index contributed by atoms with van der Waals surface area (Å²) < 4.78 is 0. The van der Waals surface area contributed by atoms with Gasteiger partial charge < -0.3 is 27.4 Å². The van der Waals surface area contributed by atoms with Gasteiger partial charge >= 0.3 is 11.9 Å². The Morgan fingerprint density at radius 1 is 1.14 bits per heavy atom. The van der Waals surface area contributed by atoms with Gasteiger partial charge in [-0.05, 0) is 19.8 Å². The molecule has 8 nitrogen and oxygen atoms in total. The Balaban J connectivity index is 0. The first-order valence-electron chi connectivity index (χ1n) is 6.54. The van der Waals surface area contributed by atoms with Gasteiger partial charge in [0.15, 0.2) is 5.96 Å². The zero-order valence-corrected chi connectivity index (χ0v) is 12.6. The molecule has 0 aliphatic heterocycles. The molecule has 0 aliphatic carbocycles. The van der Waals surface area contributed by atoms with Crippen molar-refractivity contribution in [1.29, 1.82) is 0 Å². The Hall–Kier alpha value is -2.61. The normalized spacial score (nSPS) is 12.1. The quantitative estimate of drug-likeness (QED) is 0.140. The van der Waals surface area contributed by atoms with Crippen LogP contribution in [0, 0.1) is 0 Å². The molecule has 0 radical (unpaired) electrons. The molecule has 0 aromatic heterocycles. The van der Waals surface area contributed by atoms with Crippen molar-refractivity contribution in [2.24, 2.45) is 22.2 Å². The predicted molar refractivity (Wildman–Crippen MR) is 86.3 cm³/mol. The van der Waals surface area contributed by atoms with E-state index < -0.39 is 18.0 Å². The number of carboxylic acids is 2. The largest absolute Gasteiger partial charge is 0.480 e. The number of carbonyl (C=O) groups is 2. The molecule has 1 unspecified atom stereocenters. The summed E-state index contributed by atoms with van der Waals surface area (Å²) in [5.41, 5.74) is 15.3. The summed E-state index contributed by atoms with van der Waals surface area (Å²) in [6, 6.07) is -0.820. The third-order valence-electron chi connectivity index (χ3n) is 2.05. The van der Waals surface area contributed by atoms with Crippen molar-refractivity contribution in [2.45, 2.75) is 25.8 Å². The Morgan fingerprint density at radius 3 is 2.18 bits per heavy atom. The van der Waals surface area contributed by atoms with Crippen molar-refractivity contribution < 1.29 is 19.8 Å². The molecule has 0 heterocycles. The Morgan fingerprint density at radius 2 is 1.73 bits per heavy atom. The van der Waals surface area contributed by atoms with E-state index in [0.29, 0.717) is 19.4 Å². The van der Waals surface area contributed by atoms with Gasteiger partial charge in [0.25, 0.3) is 0 Å². The van der Waals surface area contributed by atoms with E-state index in [0.717, 1.165) is 6.08 Å². The number of nitrogens with two attached hydrogens (primary N) is 3. The smallest absolute Gasteiger partial charge is 0.328 e. The van der Waals surface area contributed by atoms with Crippen LogP contribution >= 0.6 is 0 Å². The van der Waals surface area contributed by atoms with Gasteiger partial charge in [-0.25, -0.2) is 4.79 Å². The minimum absolute atomic E-state index is 0.0129. The minimum Gasteiger partial charge on any atom is -0.480 e. The molecule has 124 valence electrons. The minimum atomic E-state index is -1.00. The molecule has 0 aromatic carbocycles. The van der Waals surface area contributed by atoms with Crippen LogP contribution in [0.3, 0.4) is 0 Å². The number of hydrogen-bond donors (Lipinski definition) is 5. The van der Waals surface area contributed by atoms with Gasteiger partial charge in [-0.15, -0.1) is 0 Å². The second kappa shape index (κ2) is 14.8. The van der Waals surface area contributed by atoms with Crippen LogP contribution in [0.1, 0.15) is 19.8 Å². The van der Waals surface area contributed by atoms with Crippen LogP contribution in [0.5, 0.6) is 0 Å². The van der Waals surface area contributed by atoms with E-state index in [4.69, 9.17) is 27.4 Å². The third-order valence-corrected chi connectivity index (χ3v) is 2.05. The van der Waals surface area contributed by atoms with E-state index in [2.05, 4.69) is 4.99 Å². The fraction of sp³-hybridized carbons (Fsp3) is 0.357. The van der Waals surface area contributed by atoms with Crippen LogP contribution in [0.4, 0.5) is 0 Å². The van der Waals surface area contributed by atoms with E-state index in [1.165, 1.54) is 6.08 Å². The molecule has 0 spiro atoms. The molecule has 0 bridgehead atoms. The summed E-state index contributed by atoms with van der Waals surface area (Å²) in [5, 5.41) is 16.5. The zero-order chi connectivity index (χ0) is 17.4. The molecule has 0 rings (SSSR count). The Kier molecular flexibility index (Phi) is 14.6. The molecule has 0 saturated heterocycles. The average molecular weight is 312 g/mol. The van der Waals surface area contributed by atoms with Crippen LogP contribution in [0.2, 0.25) is 0 Å². The van der Waals surface area contributed by atoms with Crippen molar-refractivity contribution in [3.63, 3.8) is 0 Å². The number of guanidine groups is 1. The van der Waals surface area contributed by atoms with E-state index in [1.54, 1.807) is 12.2 Å². The Bertz CT molecular complexity index is 438. The van der Waals surface area contributed by atoms with Gasteiger partial charge in [0.2, 0.25) is 0 Å². The van der Waals surface area contributed by atoms with Gasteiger partial charge in [0, 0.05) is 12.6 Å². The number of aliphatic imine (C=N–C) groups is 1. The first kappa shape index (κ1) is 21.7. The fourth-order valence-electron chi connectivity index (χ4n) is 1.02. The van der Waals surface area contributed by atoms with Crippen molar-refractivity contribution in [1.82, 2.24) is 0 Å². The van der Waals surface area contributed by atoms with Gasteiger partial charge in [-0.1, -0.05) is 30.4 Å². The standard InChI is InChI=1S/C8H10O2.C6H14N4O2/c1-2-3-4-5-6-7-8(9)10;7-4(5(11)12)2-1-3-10-6(8)9/h2-7H,1H3,(H,9,10);4H,1-3,7H2,(H,11,12)(H4,8,9,10)/b3-2+,5-4+,7-6+;. The lowest BCUT2D eigenvalue weighted by Gasteiger charge is -2.03. The molecule has 0 fully saturated rings. The highest BCUT2D eigenvalue weighted by Crippen LogP contribution is 1.94. The maximum Gasteiger partial charge on any atom is 0.328 e. The number of hydrogen-bond acceptors (Lipinski definition) is 4. The van der Waals surface area contributed by atoms with Crippen molar-refractivity contribution in [3.8, 4) is 0 Å². The maximum atomic E-state index is 10.2. The van der Waals surface area contributed by atoms with E-state index >= 15 is 0 Å². The van der Waals surface area contributed by atoms with Crippen molar-refractivity contribution >= 4 is 17.9 Å². The summed E-state index contributed by atoms with van der Waals surface area (Å²) >= 11 is 0.